The van der Waals surface area contributed by atoms with Gasteiger partial charge in [0.05, 0.1) is 0 Å². The van der Waals surface area contributed by atoms with E-state index in [2.05, 4.69) is 63.4 Å². The lowest BCUT2D eigenvalue weighted by Crippen LogP contribution is -2.18. The maximum atomic E-state index is 5.74. The Morgan fingerprint density at radius 3 is 2.48 bits per heavy atom. The van der Waals surface area contributed by atoms with E-state index in [1.165, 1.54) is 16.8 Å². The second-order valence-electron chi connectivity index (χ2n) is 5.41. The van der Waals surface area contributed by atoms with Crippen LogP contribution in [0.25, 0.3) is 0 Å². The number of halogens is 1. The Labute approximate surface area is 141 Å². The number of para-hydroxylation sites is 1. The molecule has 0 fully saturated rings. The smallest absolute Gasteiger partial charge is 0.221 e. The first-order valence-corrected chi connectivity index (χ1v) is 7.33. The van der Waals surface area contributed by atoms with Gasteiger partial charge in [-0.3, -0.25) is 0 Å². The van der Waals surface area contributed by atoms with Gasteiger partial charge in [0.25, 0.3) is 0 Å². The van der Waals surface area contributed by atoms with Gasteiger partial charge < -0.3 is 10.6 Å². The summed E-state index contributed by atoms with van der Waals surface area (Å²) < 4.78 is 0. The highest BCUT2D eigenvalue weighted by atomic mass is 35.5. The average Bonchev–Trinajstić information content (AvgIpc) is 2.95. The number of nitrogens with zero attached hydrogens (tertiary/aromatic N) is 3. The minimum atomic E-state index is 0. The molecule has 0 radical (unpaired) electrons. The van der Waals surface area contributed by atoms with Crippen LogP contribution < -0.4 is 10.6 Å². The average molecular weight is 325 g/mol. The van der Waals surface area contributed by atoms with E-state index in [0.717, 1.165) is 12.4 Å². The van der Waals surface area contributed by atoms with E-state index in [1.54, 1.807) is 6.20 Å². The third-order valence-corrected chi connectivity index (χ3v) is 4.11. The van der Waals surface area contributed by atoms with Crippen molar-refractivity contribution >= 4 is 29.9 Å². The van der Waals surface area contributed by atoms with Crippen LogP contribution in [-0.2, 0) is 0 Å². The van der Waals surface area contributed by atoms with E-state index >= 15 is 0 Å². The summed E-state index contributed by atoms with van der Waals surface area (Å²) in [6, 6.07) is 21.0. The maximum Gasteiger partial charge on any atom is 0.221 e. The fourth-order valence-corrected chi connectivity index (χ4v) is 3.11. The molecule has 2 heterocycles. The molecule has 23 heavy (non-hydrogen) atoms. The van der Waals surface area contributed by atoms with Crippen molar-refractivity contribution in [3.05, 3.63) is 78.0 Å². The number of fused-ring (bicyclic) bond motifs is 1. The van der Waals surface area contributed by atoms with Gasteiger partial charge in [-0.25, -0.2) is 4.98 Å². The van der Waals surface area contributed by atoms with Crippen LogP contribution in [0.1, 0.15) is 17.0 Å². The monoisotopic (exact) mass is 324 g/mol. The summed E-state index contributed by atoms with van der Waals surface area (Å²) in [6.45, 7) is 0.861. The lowest BCUT2D eigenvalue weighted by atomic mass is 9.93. The van der Waals surface area contributed by atoms with Gasteiger partial charge in [-0.05, 0) is 23.3 Å². The van der Waals surface area contributed by atoms with Crippen molar-refractivity contribution in [3.8, 4) is 0 Å². The van der Waals surface area contributed by atoms with Gasteiger partial charge in [-0.1, -0.05) is 48.5 Å². The van der Waals surface area contributed by atoms with E-state index < -0.39 is 0 Å². The van der Waals surface area contributed by atoms with Crippen LogP contribution in [0.2, 0.25) is 0 Å². The van der Waals surface area contributed by atoms with Crippen molar-refractivity contribution < 1.29 is 0 Å². The highest BCUT2D eigenvalue weighted by Gasteiger charge is 2.30. The van der Waals surface area contributed by atoms with Crippen molar-refractivity contribution in [3.63, 3.8) is 0 Å². The van der Waals surface area contributed by atoms with Crippen molar-refractivity contribution in [2.45, 2.75) is 5.92 Å². The molecule has 1 aliphatic rings. The fourth-order valence-electron chi connectivity index (χ4n) is 3.11. The first-order chi connectivity index (χ1) is 10.8. The number of hydrogen-bond donors (Lipinski definition) is 1. The molecular weight excluding hydrogens is 308 g/mol. The molecule has 4 rings (SSSR count). The Hall–Kier alpha value is -2.59. The Bertz CT molecular complexity index is 807. The van der Waals surface area contributed by atoms with Crippen molar-refractivity contribution in [1.82, 2.24) is 9.97 Å². The van der Waals surface area contributed by atoms with Gasteiger partial charge in [-0.2, -0.15) is 4.98 Å². The van der Waals surface area contributed by atoms with Gasteiger partial charge in [0.2, 0.25) is 5.95 Å². The molecule has 1 aromatic heterocycles. The minimum absolute atomic E-state index is 0. The third-order valence-electron chi connectivity index (χ3n) is 4.11. The zero-order chi connectivity index (χ0) is 14.9. The van der Waals surface area contributed by atoms with Gasteiger partial charge in [0, 0.05) is 24.3 Å². The molecular formula is C18H17ClN4. The summed E-state index contributed by atoms with van der Waals surface area (Å²) in [5.74, 6) is 1.49. The molecule has 5 heteroatoms. The number of aromatic nitrogens is 2. The van der Waals surface area contributed by atoms with E-state index in [9.17, 15) is 0 Å². The quantitative estimate of drug-likeness (QED) is 0.779. The predicted molar refractivity (Wildman–Crippen MR) is 95.4 cm³/mol. The standard InChI is InChI=1S/C18H16N4.ClH/c19-18-20-11-10-17(21-18)22-12-15(13-6-2-1-3-7-13)14-8-4-5-9-16(14)22;/h1-11,15H,12H2,(H2,19,20,21);1H. The number of hydrogen-bond acceptors (Lipinski definition) is 4. The lowest BCUT2D eigenvalue weighted by Gasteiger charge is -2.19. The second kappa shape index (κ2) is 6.26. The van der Waals surface area contributed by atoms with E-state index in [-0.39, 0.29) is 12.4 Å². The lowest BCUT2D eigenvalue weighted by molar-refractivity contribution is 0.849. The van der Waals surface area contributed by atoms with Crippen LogP contribution in [0.5, 0.6) is 0 Å². The molecule has 116 valence electrons. The number of rotatable bonds is 2. The topological polar surface area (TPSA) is 55.0 Å². The molecule has 1 unspecified atom stereocenters. The Balaban J connectivity index is 0.00000156. The molecule has 0 saturated heterocycles. The highest BCUT2D eigenvalue weighted by molar-refractivity contribution is 5.85. The fraction of sp³-hybridized carbons (Fsp3) is 0.111. The summed E-state index contributed by atoms with van der Waals surface area (Å²) in [5, 5.41) is 0. The van der Waals surface area contributed by atoms with Crippen LogP contribution in [0, 0.1) is 0 Å². The molecule has 1 atom stereocenters. The van der Waals surface area contributed by atoms with Crippen LogP contribution >= 0.6 is 12.4 Å². The van der Waals surface area contributed by atoms with Gasteiger partial charge in [0.1, 0.15) is 5.82 Å². The Morgan fingerprint density at radius 2 is 1.70 bits per heavy atom. The van der Waals surface area contributed by atoms with E-state index in [4.69, 9.17) is 5.73 Å². The SMILES string of the molecule is Cl.Nc1nccc(N2CC(c3ccccc3)c3ccccc32)n1. The molecule has 0 saturated carbocycles. The van der Waals surface area contributed by atoms with Gasteiger partial charge in [-0.15, -0.1) is 12.4 Å². The van der Waals surface area contributed by atoms with Gasteiger partial charge in [0.15, 0.2) is 0 Å². The summed E-state index contributed by atoms with van der Waals surface area (Å²) in [4.78, 5) is 10.6. The minimum Gasteiger partial charge on any atom is -0.368 e. The normalized spacial score (nSPS) is 15.8. The number of anilines is 3. The summed E-state index contributed by atoms with van der Waals surface area (Å²) >= 11 is 0. The number of benzene rings is 2. The Morgan fingerprint density at radius 1 is 0.957 bits per heavy atom. The number of nitrogens with two attached hydrogens (primary N) is 1. The second-order valence-corrected chi connectivity index (χ2v) is 5.41. The van der Waals surface area contributed by atoms with Crippen LogP contribution in [0.15, 0.2) is 66.9 Å². The molecule has 2 aromatic carbocycles. The molecule has 2 N–H and O–H groups in total. The van der Waals surface area contributed by atoms with E-state index in [0.29, 0.717) is 11.9 Å². The molecule has 0 spiro atoms. The molecule has 0 bridgehead atoms. The van der Waals surface area contributed by atoms with Crippen LogP contribution in [-0.4, -0.2) is 16.5 Å². The highest BCUT2D eigenvalue weighted by Crippen LogP contribution is 2.42. The molecule has 4 nitrogen and oxygen atoms in total. The van der Waals surface area contributed by atoms with Crippen molar-refractivity contribution in [1.29, 1.82) is 0 Å². The first-order valence-electron chi connectivity index (χ1n) is 7.33. The molecule has 0 aliphatic carbocycles. The zero-order valence-electron chi connectivity index (χ0n) is 12.5. The molecule has 1 aliphatic heterocycles. The van der Waals surface area contributed by atoms with E-state index in [1.807, 2.05) is 12.1 Å². The molecule has 3 aromatic rings. The van der Waals surface area contributed by atoms with Crippen LogP contribution in [0.3, 0.4) is 0 Å². The van der Waals surface area contributed by atoms with Gasteiger partial charge >= 0.3 is 0 Å². The van der Waals surface area contributed by atoms with Crippen LogP contribution in [0.4, 0.5) is 17.5 Å². The number of nitrogen functional groups attached to an aromatic ring is 1. The van der Waals surface area contributed by atoms with Crippen molar-refractivity contribution in [2.24, 2.45) is 0 Å². The summed E-state index contributed by atoms with van der Waals surface area (Å²) in [7, 11) is 0. The molecule has 0 amide bonds. The summed E-state index contributed by atoms with van der Waals surface area (Å²) in [5.41, 5.74) is 9.58. The maximum absolute atomic E-state index is 5.74. The first kappa shape index (κ1) is 15.3. The summed E-state index contributed by atoms with van der Waals surface area (Å²) in [6.07, 6.45) is 1.70. The third kappa shape index (κ3) is 2.73. The zero-order valence-corrected chi connectivity index (χ0v) is 13.3. The Kier molecular flexibility index (Phi) is 4.17. The predicted octanol–water partition coefficient (Wildman–Crippen LogP) is 3.76. The largest absolute Gasteiger partial charge is 0.368 e. The van der Waals surface area contributed by atoms with Crippen molar-refractivity contribution in [2.75, 3.05) is 17.2 Å².